The second-order valence-electron chi connectivity index (χ2n) is 3.52. The number of hydrogen-bond acceptors (Lipinski definition) is 3. The third-order valence-electron chi connectivity index (χ3n) is 2.29. The number of rotatable bonds is 2. The molecule has 0 bridgehead atoms. The average Bonchev–Trinajstić information content (AvgIpc) is 2.28. The van der Waals surface area contributed by atoms with E-state index in [1.54, 1.807) is 19.4 Å². The fourth-order valence-electron chi connectivity index (χ4n) is 1.32. The minimum Gasteiger partial charge on any atom is -0.315 e. The van der Waals surface area contributed by atoms with E-state index < -0.39 is 0 Å². The van der Waals surface area contributed by atoms with E-state index in [1.165, 1.54) is 16.3 Å². The van der Waals surface area contributed by atoms with Gasteiger partial charge in [0, 0.05) is 24.3 Å². The summed E-state index contributed by atoms with van der Waals surface area (Å²) in [6.45, 7) is 2.02. The Hall–Kier alpha value is -1.55. The first-order valence-electron chi connectivity index (χ1n) is 4.93. The van der Waals surface area contributed by atoms with Gasteiger partial charge < -0.3 is 4.57 Å². The molecule has 1 aromatic heterocycles. The van der Waals surface area contributed by atoms with Gasteiger partial charge in [0.15, 0.2) is 5.03 Å². The Morgan fingerprint density at radius 1 is 1.31 bits per heavy atom. The van der Waals surface area contributed by atoms with Gasteiger partial charge in [-0.1, -0.05) is 30.0 Å². The standard InChI is InChI=1S/C12H12N2OS/c1-9-5-3-4-6-10(9)16-11-12(15)14(2)8-7-13-11/h3-8H,1-2H3. The average molecular weight is 232 g/mol. The summed E-state index contributed by atoms with van der Waals surface area (Å²) >= 11 is 1.41. The van der Waals surface area contributed by atoms with Gasteiger partial charge in [0.25, 0.3) is 5.56 Å². The van der Waals surface area contributed by atoms with E-state index >= 15 is 0 Å². The van der Waals surface area contributed by atoms with Crippen LogP contribution in [0.3, 0.4) is 0 Å². The molecule has 0 unspecified atom stereocenters. The lowest BCUT2D eigenvalue weighted by molar-refractivity contribution is 0.794. The molecule has 1 aromatic carbocycles. The van der Waals surface area contributed by atoms with Crippen molar-refractivity contribution >= 4 is 11.8 Å². The second-order valence-corrected chi connectivity index (χ2v) is 4.55. The summed E-state index contributed by atoms with van der Waals surface area (Å²) < 4.78 is 1.54. The molecule has 2 rings (SSSR count). The third-order valence-corrected chi connectivity index (χ3v) is 3.44. The summed E-state index contributed by atoms with van der Waals surface area (Å²) in [5.41, 5.74) is 1.09. The van der Waals surface area contributed by atoms with Crippen LogP contribution in [0.1, 0.15) is 5.56 Å². The minimum atomic E-state index is -0.0595. The van der Waals surface area contributed by atoms with Gasteiger partial charge in [-0.2, -0.15) is 0 Å². The number of aryl methyl sites for hydroxylation is 2. The number of benzene rings is 1. The van der Waals surface area contributed by atoms with Crippen LogP contribution in [0, 0.1) is 6.92 Å². The van der Waals surface area contributed by atoms with Crippen LogP contribution in [0.2, 0.25) is 0 Å². The summed E-state index contributed by atoms with van der Waals surface area (Å²) in [5, 5.41) is 0.513. The van der Waals surface area contributed by atoms with Gasteiger partial charge in [0.2, 0.25) is 0 Å². The topological polar surface area (TPSA) is 34.9 Å². The summed E-state index contributed by atoms with van der Waals surface area (Å²) in [4.78, 5) is 16.9. The Labute approximate surface area is 98.2 Å². The summed E-state index contributed by atoms with van der Waals surface area (Å²) in [6.07, 6.45) is 3.30. The Morgan fingerprint density at radius 2 is 2.06 bits per heavy atom. The SMILES string of the molecule is Cc1ccccc1Sc1nccn(C)c1=O. The van der Waals surface area contributed by atoms with E-state index in [-0.39, 0.29) is 5.56 Å². The van der Waals surface area contributed by atoms with Crippen LogP contribution in [0.4, 0.5) is 0 Å². The van der Waals surface area contributed by atoms with Crippen molar-refractivity contribution in [3.05, 3.63) is 52.6 Å². The van der Waals surface area contributed by atoms with Crippen molar-refractivity contribution in [2.75, 3.05) is 0 Å². The molecule has 3 nitrogen and oxygen atoms in total. The molecule has 1 heterocycles. The van der Waals surface area contributed by atoms with Crippen LogP contribution in [-0.4, -0.2) is 9.55 Å². The van der Waals surface area contributed by atoms with Gasteiger partial charge >= 0.3 is 0 Å². The molecule has 0 amide bonds. The fraction of sp³-hybridized carbons (Fsp3) is 0.167. The van der Waals surface area contributed by atoms with Gasteiger partial charge in [0.1, 0.15) is 0 Å². The molecule has 0 aliphatic heterocycles. The molecule has 0 aliphatic rings. The highest BCUT2D eigenvalue weighted by Gasteiger charge is 2.06. The molecule has 0 fully saturated rings. The van der Waals surface area contributed by atoms with Gasteiger partial charge in [-0.25, -0.2) is 4.98 Å². The first-order valence-corrected chi connectivity index (χ1v) is 5.75. The lowest BCUT2D eigenvalue weighted by Gasteiger charge is -2.04. The van der Waals surface area contributed by atoms with E-state index in [1.807, 2.05) is 31.2 Å². The van der Waals surface area contributed by atoms with Gasteiger partial charge in [-0.3, -0.25) is 4.79 Å². The van der Waals surface area contributed by atoms with E-state index in [2.05, 4.69) is 4.98 Å². The smallest absolute Gasteiger partial charge is 0.283 e. The predicted molar refractivity (Wildman–Crippen MR) is 64.8 cm³/mol. The van der Waals surface area contributed by atoms with Crippen LogP contribution < -0.4 is 5.56 Å². The van der Waals surface area contributed by atoms with E-state index in [0.717, 1.165) is 10.5 Å². The highest BCUT2D eigenvalue weighted by Crippen LogP contribution is 2.25. The number of nitrogens with zero attached hydrogens (tertiary/aromatic N) is 2. The molecule has 0 radical (unpaired) electrons. The fourth-order valence-corrected chi connectivity index (χ4v) is 2.25. The normalized spacial score (nSPS) is 10.4. The van der Waals surface area contributed by atoms with Crippen molar-refractivity contribution in [1.29, 1.82) is 0 Å². The number of aromatic nitrogens is 2. The van der Waals surface area contributed by atoms with Crippen LogP contribution in [0.5, 0.6) is 0 Å². The molecule has 0 spiro atoms. The maximum atomic E-state index is 11.8. The van der Waals surface area contributed by atoms with Crippen molar-refractivity contribution in [1.82, 2.24) is 9.55 Å². The highest BCUT2D eigenvalue weighted by atomic mass is 32.2. The van der Waals surface area contributed by atoms with Crippen LogP contribution in [-0.2, 0) is 7.05 Å². The molecular formula is C12H12N2OS. The predicted octanol–water partition coefficient (Wildman–Crippen LogP) is 2.24. The largest absolute Gasteiger partial charge is 0.315 e. The third kappa shape index (κ3) is 2.17. The summed E-state index contributed by atoms with van der Waals surface area (Å²) in [5.74, 6) is 0. The molecule has 0 aliphatic carbocycles. The Morgan fingerprint density at radius 3 is 2.81 bits per heavy atom. The molecule has 0 saturated carbocycles. The lowest BCUT2D eigenvalue weighted by atomic mass is 10.2. The van der Waals surface area contributed by atoms with E-state index in [0.29, 0.717) is 5.03 Å². The minimum absolute atomic E-state index is 0.0595. The van der Waals surface area contributed by atoms with Crippen LogP contribution >= 0.6 is 11.8 Å². The van der Waals surface area contributed by atoms with Gasteiger partial charge in [0.05, 0.1) is 0 Å². The summed E-state index contributed by atoms with van der Waals surface area (Å²) in [6, 6.07) is 7.96. The van der Waals surface area contributed by atoms with Crippen molar-refractivity contribution in [2.45, 2.75) is 16.8 Å². The molecule has 0 saturated heterocycles. The van der Waals surface area contributed by atoms with Crippen molar-refractivity contribution < 1.29 is 0 Å². The van der Waals surface area contributed by atoms with Crippen molar-refractivity contribution in [2.24, 2.45) is 7.05 Å². The number of hydrogen-bond donors (Lipinski definition) is 0. The zero-order chi connectivity index (χ0) is 11.5. The van der Waals surface area contributed by atoms with Crippen LogP contribution in [0.15, 0.2) is 51.4 Å². The zero-order valence-corrected chi connectivity index (χ0v) is 9.99. The maximum Gasteiger partial charge on any atom is 0.283 e. The Balaban J connectivity index is 2.39. The first kappa shape index (κ1) is 11.0. The first-order chi connectivity index (χ1) is 7.68. The van der Waals surface area contributed by atoms with Crippen molar-refractivity contribution in [3.8, 4) is 0 Å². The maximum absolute atomic E-state index is 11.8. The molecule has 82 valence electrons. The zero-order valence-electron chi connectivity index (χ0n) is 9.18. The monoisotopic (exact) mass is 232 g/mol. The van der Waals surface area contributed by atoms with Crippen molar-refractivity contribution in [3.63, 3.8) is 0 Å². The lowest BCUT2D eigenvalue weighted by Crippen LogP contribution is -2.18. The molecule has 0 N–H and O–H groups in total. The summed E-state index contributed by atoms with van der Waals surface area (Å²) in [7, 11) is 1.73. The van der Waals surface area contributed by atoms with E-state index in [4.69, 9.17) is 0 Å². The quantitative estimate of drug-likeness (QED) is 0.796. The van der Waals surface area contributed by atoms with E-state index in [9.17, 15) is 4.79 Å². The molecular weight excluding hydrogens is 220 g/mol. The van der Waals surface area contributed by atoms with Crippen LogP contribution in [0.25, 0.3) is 0 Å². The van der Waals surface area contributed by atoms with Gasteiger partial charge in [-0.15, -0.1) is 0 Å². The second kappa shape index (κ2) is 4.53. The highest BCUT2D eigenvalue weighted by molar-refractivity contribution is 7.99. The molecule has 2 aromatic rings. The van der Waals surface area contributed by atoms with Gasteiger partial charge in [-0.05, 0) is 18.6 Å². The molecule has 16 heavy (non-hydrogen) atoms. The molecule has 0 atom stereocenters. The molecule has 4 heteroatoms. The Kier molecular flexibility index (Phi) is 3.10. The Bertz CT molecular complexity index is 563.